The summed E-state index contributed by atoms with van der Waals surface area (Å²) >= 11 is 1.66. The Morgan fingerprint density at radius 1 is 1.22 bits per heavy atom. The maximum atomic E-state index is 12.9. The maximum Gasteiger partial charge on any atom is 0.253 e. The second kappa shape index (κ2) is 10.6. The molecule has 0 saturated heterocycles. The van der Waals surface area contributed by atoms with Gasteiger partial charge in [-0.15, -0.1) is 11.3 Å². The molecular weight excluding hydrogens is 354 g/mol. The second-order valence-electron chi connectivity index (χ2n) is 7.41. The normalized spacial score (nSPS) is 12.3. The number of aromatic nitrogens is 2. The summed E-state index contributed by atoms with van der Waals surface area (Å²) in [4.78, 5) is 17.5. The fraction of sp³-hybridized carbons (Fsp3) is 0.636. The number of amides is 1. The van der Waals surface area contributed by atoms with Crippen molar-refractivity contribution in [2.75, 3.05) is 6.54 Å². The standard InChI is InChI=1S/C22H35N3OS/c1-6-9-11-18(8-3)14-23-22(26)19-13-21(20-15-27-17(5)24-20)25(16(19)4)12-10-7-2/h13,15,18H,6-12,14H2,1-5H3,(H,23,26). The number of hydrogen-bond donors (Lipinski definition) is 1. The van der Waals surface area contributed by atoms with E-state index < -0.39 is 0 Å². The molecule has 0 aliphatic heterocycles. The van der Waals surface area contributed by atoms with Crippen LogP contribution in [-0.4, -0.2) is 22.0 Å². The number of thiazole rings is 1. The van der Waals surface area contributed by atoms with Gasteiger partial charge in [0.15, 0.2) is 0 Å². The molecule has 0 aliphatic rings. The zero-order valence-corrected chi connectivity index (χ0v) is 18.4. The van der Waals surface area contributed by atoms with Crippen molar-refractivity contribution in [1.29, 1.82) is 0 Å². The summed E-state index contributed by atoms with van der Waals surface area (Å²) < 4.78 is 2.27. The minimum absolute atomic E-state index is 0.0471. The Balaban J connectivity index is 2.20. The molecule has 1 amide bonds. The molecule has 0 radical (unpaired) electrons. The van der Waals surface area contributed by atoms with Gasteiger partial charge >= 0.3 is 0 Å². The zero-order chi connectivity index (χ0) is 19.8. The fourth-order valence-electron chi connectivity index (χ4n) is 3.45. The lowest BCUT2D eigenvalue weighted by Crippen LogP contribution is -2.29. The summed E-state index contributed by atoms with van der Waals surface area (Å²) in [6.45, 7) is 12.4. The van der Waals surface area contributed by atoms with E-state index >= 15 is 0 Å². The molecule has 0 fully saturated rings. The van der Waals surface area contributed by atoms with Crippen molar-refractivity contribution in [3.05, 3.63) is 27.7 Å². The van der Waals surface area contributed by atoms with Crippen LogP contribution in [0.4, 0.5) is 0 Å². The fourth-order valence-corrected chi connectivity index (χ4v) is 4.05. The number of rotatable bonds is 11. The SMILES string of the molecule is CCCCC(CC)CNC(=O)c1cc(-c2csc(C)n2)n(CCCC)c1C. The first-order chi connectivity index (χ1) is 13.0. The van der Waals surface area contributed by atoms with Gasteiger partial charge in [0, 0.05) is 24.2 Å². The number of carbonyl (C=O) groups is 1. The molecule has 1 atom stereocenters. The van der Waals surface area contributed by atoms with Crippen LogP contribution in [0.3, 0.4) is 0 Å². The number of nitrogens with one attached hydrogen (secondary N) is 1. The quantitative estimate of drug-likeness (QED) is 0.514. The lowest BCUT2D eigenvalue weighted by atomic mass is 9.99. The van der Waals surface area contributed by atoms with Gasteiger partial charge in [0.2, 0.25) is 0 Å². The lowest BCUT2D eigenvalue weighted by molar-refractivity contribution is 0.0945. The molecule has 2 aromatic heterocycles. The summed E-state index contributed by atoms with van der Waals surface area (Å²) in [6.07, 6.45) is 6.97. The van der Waals surface area contributed by atoms with Crippen LogP contribution in [-0.2, 0) is 6.54 Å². The molecule has 1 N–H and O–H groups in total. The molecule has 0 aromatic carbocycles. The molecule has 2 aromatic rings. The van der Waals surface area contributed by atoms with Crippen molar-refractivity contribution in [2.45, 2.75) is 79.7 Å². The highest BCUT2D eigenvalue weighted by atomic mass is 32.1. The summed E-state index contributed by atoms with van der Waals surface area (Å²) in [5, 5.41) is 6.33. The highest BCUT2D eigenvalue weighted by molar-refractivity contribution is 7.09. The monoisotopic (exact) mass is 389 g/mol. The lowest BCUT2D eigenvalue weighted by Gasteiger charge is -2.15. The van der Waals surface area contributed by atoms with Crippen LogP contribution in [0.5, 0.6) is 0 Å². The molecular formula is C22H35N3OS. The van der Waals surface area contributed by atoms with Gasteiger partial charge < -0.3 is 9.88 Å². The van der Waals surface area contributed by atoms with Crippen LogP contribution in [0.15, 0.2) is 11.4 Å². The molecule has 1 unspecified atom stereocenters. The molecule has 150 valence electrons. The molecule has 4 nitrogen and oxygen atoms in total. The predicted octanol–water partition coefficient (Wildman–Crippen LogP) is 5.97. The van der Waals surface area contributed by atoms with Crippen molar-refractivity contribution >= 4 is 17.2 Å². The first kappa shape index (κ1) is 21.7. The number of hydrogen-bond acceptors (Lipinski definition) is 3. The van der Waals surface area contributed by atoms with E-state index in [2.05, 4.69) is 47.9 Å². The summed E-state index contributed by atoms with van der Waals surface area (Å²) in [5.41, 5.74) is 3.87. The van der Waals surface area contributed by atoms with Gasteiger partial charge in [-0.1, -0.05) is 46.5 Å². The molecule has 0 bridgehead atoms. The highest BCUT2D eigenvalue weighted by Crippen LogP contribution is 2.28. The third-order valence-electron chi connectivity index (χ3n) is 5.32. The summed E-state index contributed by atoms with van der Waals surface area (Å²) in [5.74, 6) is 0.614. The largest absolute Gasteiger partial charge is 0.352 e. The van der Waals surface area contributed by atoms with Crippen LogP contribution in [0.25, 0.3) is 11.4 Å². The van der Waals surface area contributed by atoms with Crippen molar-refractivity contribution in [1.82, 2.24) is 14.9 Å². The van der Waals surface area contributed by atoms with E-state index in [-0.39, 0.29) is 5.91 Å². The Kier molecular flexibility index (Phi) is 8.55. The Morgan fingerprint density at radius 2 is 1.96 bits per heavy atom. The minimum atomic E-state index is 0.0471. The molecule has 5 heteroatoms. The average Bonchev–Trinajstić information content (AvgIpc) is 3.23. The van der Waals surface area contributed by atoms with Gasteiger partial charge in [0.25, 0.3) is 5.91 Å². The number of aryl methyl sites for hydroxylation is 1. The van der Waals surface area contributed by atoms with Crippen molar-refractivity contribution < 1.29 is 4.79 Å². The van der Waals surface area contributed by atoms with E-state index in [1.807, 2.05) is 13.0 Å². The van der Waals surface area contributed by atoms with Crippen molar-refractivity contribution in [3.8, 4) is 11.4 Å². The Bertz CT molecular complexity index is 732. The molecule has 0 saturated carbocycles. The van der Waals surface area contributed by atoms with Crippen LogP contribution in [0, 0.1) is 19.8 Å². The van der Waals surface area contributed by atoms with Crippen LogP contribution in [0.1, 0.15) is 80.4 Å². The first-order valence-corrected chi connectivity index (χ1v) is 11.3. The molecule has 27 heavy (non-hydrogen) atoms. The van der Waals surface area contributed by atoms with Crippen molar-refractivity contribution in [3.63, 3.8) is 0 Å². The van der Waals surface area contributed by atoms with Gasteiger partial charge in [0.05, 0.1) is 22.0 Å². The van der Waals surface area contributed by atoms with Crippen LogP contribution < -0.4 is 5.32 Å². The first-order valence-electron chi connectivity index (χ1n) is 10.4. The summed E-state index contributed by atoms with van der Waals surface area (Å²) in [6, 6.07) is 2.03. The molecule has 2 heterocycles. The van der Waals surface area contributed by atoms with Gasteiger partial charge in [0.1, 0.15) is 0 Å². The Labute approximate surface area is 168 Å². The Hall–Kier alpha value is -1.62. The zero-order valence-electron chi connectivity index (χ0n) is 17.6. The highest BCUT2D eigenvalue weighted by Gasteiger charge is 2.20. The molecule has 2 rings (SSSR count). The van der Waals surface area contributed by atoms with E-state index in [1.54, 1.807) is 11.3 Å². The number of unbranched alkanes of at least 4 members (excludes halogenated alkanes) is 2. The van der Waals surface area contributed by atoms with Gasteiger partial charge in [-0.2, -0.15) is 0 Å². The maximum absolute atomic E-state index is 12.9. The van der Waals surface area contributed by atoms with E-state index in [0.29, 0.717) is 5.92 Å². The summed E-state index contributed by atoms with van der Waals surface area (Å²) in [7, 11) is 0. The number of carbonyl (C=O) groups excluding carboxylic acids is 1. The topological polar surface area (TPSA) is 46.9 Å². The predicted molar refractivity (Wildman–Crippen MR) is 116 cm³/mol. The smallest absolute Gasteiger partial charge is 0.253 e. The van der Waals surface area contributed by atoms with Gasteiger partial charge in [-0.05, 0) is 38.7 Å². The van der Waals surface area contributed by atoms with Gasteiger partial charge in [-0.3, -0.25) is 4.79 Å². The van der Waals surface area contributed by atoms with E-state index in [4.69, 9.17) is 0 Å². The van der Waals surface area contributed by atoms with Crippen LogP contribution in [0.2, 0.25) is 0 Å². The second-order valence-corrected chi connectivity index (χ2v) is 8.47. The van der Waals surface area contributed by atoms with E-state index in [1.165, 1.54) is 19.3 Å². The van der Waals surface area contributed by atoms with Crippen molar-refractivity contribution in [2.24, 2.45) is 5.92 Å². The van der Waals surface area contributed by atoms with Gasteiger partial charge in [-0.25, -0.2) is 4.98 Å². The third kappa shape index (κ3) is 5.68. The Morgan fingerprint density at radius 3 is 2.56 bits per heavy atom. The number of nitrogens with zero attached hydrogens (tertiary/aromatic N) is 2. The van der Waals surface area contributed by atoms with E-state index in [9.17, 15) is 4.79 Å². The molecule has 0 spiro atoms. The third-order valence-corrected chi connectivity index (χ3v) is 6.10. The minimum Gasteiger partial charge on any atom is -0.352 e. The van der Waals surface area contributed by atoms with E-state index in [0.717, 1.165) is 60.0 Å². The van der Waals surface area contributed by atoms with Crippen LogP contribution >= 0.6 is 11.3 Å². The average molecular weight is 390 g/mol. The molecule has 0 aliphatic carbocycles.